The molecule has 1 N–H and O–H groups in total. The smallest absolute Gasteiger partial charge is 0.419 e. The molecule has 0 spiro atoms. The predicted octanol–water partition coefficient (Wildman–Crippen LogP) is 6.54. The summed E-state index contributed by atoms with van der Waals surface area (Å²) in [5.74, 6) is -3.02. The maximum Gasteiger partial charge on any atom is 0.419 e. The highest BCUT2D eigenvalue weighted by Crippen LogP contribution is 2.39. The third-order valence-corrected chi connectivity index (χ3v) is 7.21. The van der Waals surface area contributed by atoms with Crippen molar-refractivity contribution >= 4 is 15.7 Å². The molecule has 0 bridgehead atoms. The molecule has 1 aliphatic heterocycles. The zero-order valence-electron chi connectivity index (χ0n) is 20.1. The van der Waals surface area contributed by atoms with Crippen molar-refractivity contribution in [1.82, 2.24) is 4.90 Å². The van der Waals surface area contributed by atoms with E-state index in [9.17, 15) is 39.2 Å². The van der Waals surface area contributed by atoms with E-state index in [1.807, 2.05) is 4.90 Å². The zero-order valence-corrected chi connectivity index (χ0v) is 20.9. The van der Waals surface area contributed by atoms with Crippen molar-refractivity contribution in [3.8, 4) is 17.2 Å². The molecular formula is C25H21F7N2O4S. The van der Waals surface area contributed by atoms with E-state index in [0.717, 1.165) is 48.5 Å². The average Bonchev–Trinajstić information content (AvgIpc) is 3.23. The Labute approximate surface area is 219 Å². The van der Waals surface area contributed by atoms with Crippen molar-refractivity contribution in [2.24, 2.45) is 0 Å². The van der Waals surface area contributed by atoms with Crippen LogP contribution in [0.5, 0.6) is 17.2 Å². The van der Waals surface area contributed by atoms with Crippen LogP contribution in [0.3, 0.4) is 0 Å². The molecule has 0 amide bonds. The summed E-state index contributed by atoms with van der Waals surface area (Å²) in [6, 6.07) is 9.35. The number of hydrogen-bond acceptors (Lipinski definition) is 5. The fraction of sp³-hybridized carbons (Fsp3) is 0.280. The van der Waals surface area contributed by atoms with Gasteiger partial charge in [-0.05, 0) is 62.0 Å². The Balaban J connectivity index is 1.53. The topological polar surface area (TPSA) is 67.9 Å². The molecule has 210 valence electrons. The van der Waals surface area contributed by atoms with Crippen LogP contribution in [0.25, 0.3) is 0 Å². The number of nitrogens with one attached hydrogen (secondary N) is 1. The summed E-state index contributed by atoms with van der Waals surface area (Å²) in [5.41, 5.74) is -2.76. The lowest BCUT2D eigenvalue weighted by Gasteiger charge is -2.19. The van der Waals surface area contributed by atoms with Crippen molar-refractivity contribution in [3.05, 3.63) is 77.6 Å². The second-order valence-corrected chi connectivity index (χ2v) is 10.5. The van der Waals surface area contributed by atoms with Gasteiger partial charge in [0.25, 0.3) is 10.0 Å². The minimum atomic E-state index is -4.94. The first kappa shape index (κ1) is 28.5. The maximum atomic E-state index is 14.2. The van der Waals surface area contributed by atoms with Gasteiger partial charge >= 0.3 is 12.4 Å². The van der Waals surface area contributed by atoms with E-state index in [4.69, 9.17) is 9.47 Å². The van der Waals surface area contributed by atoms with Crippen LogP contribution in [0.2, 0.25) is 0 Å². The number of likely N-dealkylation sites (tertiary alicyclic amines) is 1. The number of benzene rings is 3. The lowest BCUT2D eigenvalue weighted by atomic mass is 10.1. The molecule has 0 aromatic heterocycles. The van der Waals surface area contributed by atoms with Gasteiger partial charge in [0.1, 0.15) is 17.6 Å². The number of nitrogens with zero attached hydrogens (tertiary/aromatic N) is 1. The first-order chi connectivity index (χ1) is 18.1. The van der Waals surface area contributed by atoms with Gasteiger partial charge in [0.2, 0.25) is 0 Å². The van der Waals surface area contributed by atoms with Gasteiger partial charge in [0.05, 0.1) is 21.7 Å². The third kappa shape index (κ3) is 6.74. The first-order valence-electron chi connectivity index (χ1n) is 11.4. The predicted molar refractivity (Wildman–Crippen MR) is 127 cm³/mol. The number of rotatable bonds is 7. The minimum absolute atomic E-state index is 0.154. The average molecular weight is 579 g/mol. The van der Waals surface area contributed by atoms with Gasteiger partial charge in [-0.15, -0.1) is 0 Å². The normalized spacial score (nSPS) is 16.8. The van der Waals surface area contributed by atoms with Gasteiger partial charge in [-0.1, -0.05) is 6.07 Å². The molecule has 3 aromatic carbocycles. The molecule has 1 unspecified atom stereocenters. The molecule has 3 aromatic rings. The fourth-order valence-corrected chi connectivity index (χ4v) is 4.97. The Morgan fingerprint density at radius 3 is 2.15 bits per heavy atom. The number of ether oxygens (including phenoxy) is 2. The van der Waals surface area contributed by atoms with Crippen molar-refractivity contribution in [2.45, 2.75) is 29.8 Å². The number of sulfonamides is 1. The number of likely N-dealkylation sites (N-methyl/N-ethyl adjacent to an activating group) is 1. The van der Waals surface area contributed by atoms with E-state index in [-0.39, 0.29) is 16.3 Å². The Morgan fingerprint density at radius 2 is 1.56 bits per heavy atom. The molecule has 1 heterocycles. The molecule has 0 radical (unpaired) electrons. The molecule has 0 aliphatic carbocycles. The van der Waals surface area contributed by atoms with E-state index in [1.54, 1.807) is 7.05 Å². The van der Waals surface area contributed by atoms with Crippen molar-refractivity contribution in [2.75, 3.05) is 24.9 Å². The van der Waals surface area contributed by atoms with Gasteiger partial charge in [0.15, 0.2) is 11.6 Å². The molecule has 1 fully saturated rings. The summed E-state index contributed by atoms with van der Waals surface area (Å²) < 4.78 is 132. The fourth-order valence-electron chi connectivity index (χ4n) is 3.92. The Morgan fingerprint density at radius 1 is 0.897 bits per heavy atom. The Bertz CT molecular complexity index is 1440. The monoisotopic (exact) mass is 578 g/mol. The van der Waals surface area contributed by atoms with Crippen LogP contribution in [-0.2, 0) is 22.4 Å². The highest BCUT2D eigenvalue weighted by molar-refractivity contribution is 7.92. The Kier molecular flexibility index (Phi) is 7.72. The highest BCUT2D eigenvalue weighted by atomic mass is 32.2. The van der Waals surface area contributed by atoms with Gasteiger partial charge in [-0.25, -0.2) is 12.8 Å². The molecule has 6 nitrogen and oxygen atoms in total. The summed E-state index contributed by atoms with van der Waals surface area (Å²) >= 11 is 0. The van der Waals surface area contributed by atoms with E-state index in [2.05, 4.69) is 4.72 Å². The molecule has 1 aliphatic rings. The van der Waals surface area contributed by atoms with E-state index >= 15 is 0 Å². The quantitative estimate of drug-likeness (QED) is 0.323. The molecular weight excluding hydrogens is 557 g/mol. The first-order valence-corrected chi connectivity index (χ1v) is 12.8. The van der Waals surface area contributed by atoms with Gasteiger partial charge < -0.3 is 14.4 Å². The zero-order chi connectivity index (χ0) is 28.6. The van der Waals surface area contributed by atoms with Crippen LogP contribution in [0.15, 0.2) is 65.6 Å². The number of alkyl halides is 6. The van der Waals surface area contributed by atoms with Crippen LogP contribution in [-0.4, -0.2) is 39.6 Å². The van der Waals surface area contributed by atoms with E-state index in [1.165, 1.54) is 0 Å². The number of halogens is 7. The Hall–Kier alpha value is -3.52. The molecule has 0 saturated carbocycles. The summed E-state index contributed by atoms with van der Waals surface area (Å²) in [6.45, 7) is 1.05. The second kappa shape index (κ2) is 10.6. The van der Waals surface area contributed by atoms with E-state index in [0.29, 0.717) is 31.6 Å². The summed E-state index contributed by atoms with van der Waals surface area (Å²) in [4.78, 5) is 1.55. The SMILES string of the molecule is CN1CCC(Oc2cc(NS(=O)(=O)c3ccc(Oc4cccc(C(F)(F)F)c4F)cc3)ccc2C(F)(F)F)C1. The molecule has 1 saturated heterocycles. The van der Waals surface area contributed by atoms with Crippen molar-refractivity contribution < 1.29 is 48.6 Å². The third-order valence-electron chi connectivity index (χ3n) is 5.81. The molecule has 1 atom stereocenters. The number of hydrogen-bond donors (Lipinski definition) is 1. The van der Waals surface area contributed by atoms with Gasteiger partial charge in [-0.2, -0.15) is 26.3 Å². The lowest BCUT2D eigenvalue weighted by Crippen LogP contribution is -2.23. The standard InChI is InChI=1S/C25H21F7N2O4S/c1-34-12-11-17(14-34)38-22-13-15(5-10-19(22)24(27,28)29)33-39(35,36)18-8-6-16(7-9-18)37-21-4-2-3-20(23(21)26)25(30,31)32/h2-10,13,17,33H,11-12,14H2,1H3. The summed E-state index contributed by atoms with van der Waals surface area (Å²) in [5, 5.41) is 0. The van der Waals surface area contributed by atoms with Crippen LogP contribution in [0, 0.1) is 5.82 Å². The molecule has 14 heteroatoms. The summed E-state index contributed by atoms with van der Waals surface area (Å²) in [6.07, 6.45) is -9.67. The molecule has 39 heavy (non-hydrogen) atoms. The van der Waals surface area contributed by atoms with Gasteiger partial charge in [0, 0.05) is 19.2 Å². The minimum Gasteiger partial charge on any atom is -0.488 e. The maximum absolute atomic E-state index is 14.2. The van der Waals surface area contributed by atoms with E-state index < -0.39 is 56.9 Å². The summed E-state index contributed by atoms with van der Waals surface area (Å²) in [7, 11) is -2.52. The van der Waals surface area contributed by atoms with Crippen molar-refractivity contribution in [1.29, 1.82) is 0 Å². The van der Waals surface area contributed by atoms with Crippen LogP contribution < -0.4 is 14.2 Å². The van der Waals surface area contributed by atoms with Gasteiger partial charge in [-0.3, -0.25) is 4.72 Å². The lowest BCUT2D eigenvalue weighted by molar-refractivity contribution is -0.140. The second-order valence-electron chi connectivity index (χ2n) is 8.79. The van der Waals surface area contributed by atoms with Crippen LogP contribution in [0.1, 0.15) is 17.5 Å². The highest BCUT2D eigenvalue weighted by Gasteiger charge is 2.37. The largest absolute Gasteiger partial charge is 0.488 e. The van der Waals surface area contributed by atoms with Crippen LogP contribution in [0.4, 0.5) is 36.4 Å². The van der Waals surface area contributed by atoms with Crippen molar-refractivity contribution in [3.63, 3.8) is 0 Å². The molecule has 4 rings (SSSR count). The van der Waals surface area contributed by atoms with Crippen LogP contribution >= 0.6 is 0 Å². The number of anilines is 1.